The maximum Gasteiger partial charge on any atom is 0.408 e. The van der Waals surface area contributed by atoms with E-state index in [9.17, 15) is 28.7 Å². The average Bonchev–Trinajstić information content (AvgIpc) is 3.40. The third-order valence-electron chi connectivity index (χ3n) is 6.85. The first-order chi connectivity index (χ1) is 20.3. The number of likely N-dealkylation sites (tertiary alicyclic amines) is 1. The van der Waals surface area contributed by atoms with Crippen molar-refractivity contribution in [3.8, 4) is 0 Å². The van der Waals surface area contributed by atoms with Crippen molar-refractivity contribution in [3.05, 3.63) is 71.5 Å². The molecule has 3 rings (SSSR count). The highest BCUT2D eigenvalue weighted by molar-refractivity contribution is 5.90. The first-order valence-electron chi connectivity index (χ1n) is 14.3. The number of β-amino-alcohol motifs (C(OH)–C–C–N with tert-alkyl or cyclic N) is 1. The number of primary amides is 1. The minimum Gasteiger partial charge on any atom is -0.459 e. The molecule has 1 aliphatic rings. The van der Waals surface area contributed by atoms with Gasteiger partial charge in [-0.1, -0.05) is 42.5 Å². The molecule has 3 amide bonds. The zero-order valence-corrected chi connectivity index (χ0v) is 24.8. The quantitative estimate of drug-likeness (QED) is 0.255. The van der Waals surface area contributed by atoms with Gasteiger partial charge in [0.05, 0.1) is 18.6 Å². The van der Waals surface area contributed by atoms with Crippen molar-refractivity contribution >= 4 is 23.9 Å². The smallest absolute Gasteiger partial charge is 0.408 e. The van der Waals surface area contributed by atoms with Crippen LogP contribution in [0.5, 0.6) is 0 Å². The molecule has 234 valence electrons. The number of esters is 1. The van der Waals surface area contributed by atoms with Crippen molar-refractivity contribution in [1.82, 2.24) is 15.5 Å². The van der Waals surface area contributed by atoms with Gasteiger partial charge in [0.25, 0.3) is 0 Å². The highest BCUT2D eigenvalue weighted by atomic mass is 19.1. The van der Waals surface area contributed by atoms with Gasteiger partial charge in [-0.3, -0.25) is 19.3 Å². The van der Waals surface area contributed by atoms with E-state index in [0.717, 1.165) is 12.0 Å². The minimum atomic E-state index is -1.38. The van der Waals surface area contributed by atoms with Crippen molar-refractivity contribution in [3.63, 3.8) is 0 Å². The van der Waals surface area contributed by atoms with Gasteiger partial charge in [0.1, 0.15) is 30.1 Å². The molecule has 0 unspecified atom stereocenters. The Morgan fingerprint density at radius 2 is 1.72 bits per heavy atom. The van der Waals surface area contributed by atoms with E-state index >= 15 is 0 Å². The Morgan fingerprint density at radius 1 is 1.05 bits per heavy atom. The topological polar surface area (TPSA) is 160 Å². The molecule has 0 radical (unpaired) electrons. The van der Waals surface area contributed by atoms with Crippen LogP contribution in [0.3, 0.4) is 0 Å². The zero-order chi connectivity index (χ0) is 31.6. The van der Waals surface area contributed by atoms with Crippen molar-refractivity contribution in [2.75, 3.05) is 13.1 Å². The lowest BCUT2D eigenvalue weighted by atomic mass is 9.99. The van der Waals surface area contributed by atoms with Gasteiger partial charge in [0.2, 0.25) is 11.8 Å². The summed E-state index contributed by atoms with van der Waals surface area (Å²) in [6.45, 7) is 5.85. The summed E-state index contributed by atoms with van der Waals surface area (Å²) < 4.78 is 24.3. The van der Waals surface area contributed by atoms with Crippen LogP contribution in [-0.4, -0.2) is 76.8 Å². The van der Waals surface area contributed by atoms with Gasteiger partial charge in [-0.2, -0.15) is 0 Å². The number of carbonyl (C=O) groups is 4. The fraction of sp³-hybridized carbons (Fsp3) is 0.484. The van der Waals surface area contributed by atoms with Crippen LogP contribution in [0.2, 0.25) is 0 Å². The fourth-order valence-electron chi connectivity index (χ4n) is 4.81. The van der Waals surface area contributed by atoms with Gasteiger partial charge in [0.15, 0.2) is 0 Å². The van der Waals surface area contributed by atoms with Gasteiger partial charge in [-0.05, 0) is 69.8 Å². The number of aliphatic hydroxyl groups is 1. The monoisotopic (exact) mass is 600 g/mol. The molecule has 0 aliphatic carbocycles. The number of hydrogen-bond donors (Lipinski definition) is 4. The van der Waals surface area contributed by atoms with Gasteiger partial charge >= 0.3 is 12.1 Å². The lowest BCUT2D eigenvalue weighted by Crippen LogP contribution is -2.56. The van der Waals surface area contributed by atoms with Gasteiger partial charge in [0, 0.05) is 6.54 Å². The molecular weight excluding hydrogens is 559 g/mol. The summed E-state index contributed by atoms with van der Waals surface area (Å²) in [6, 6.07) is 11.6. The molecule has 0 spiro atoms. The summed E-state index contributed by atoms with van der Waals surface area (Å²) >= 11 is 0. The van der Waals surface area contributed by atoms with E-state index in [0.29, 0.717) is 18.5 Å². The Bertz CT molecular complexity index is 1240. The van der Waals surface area contributed by atoms with Gasteiger partial charge in [-0.15, -0.1) is 0 Å². The molecular formula is C31H41FN4O7. The van der Waals surface area contributed by atoms with E-state index in [2.05, 4.69) is 10.6 Å². The Kier molecular flexibility index (Phi) is 12.0. The Labute approximate surface area is 250 Å². The number of halogens is 1. The summed E-state index contributed by atoms with van der Waals surface area (Å²) in [5.41, 5.74) is 6.02. The van der Waals surface area contributed by atoms with Crippen molar-refractivity contribution in [2.45, 2.75) is 82.9 Å². The average molecular weight is 601 g/mol. The number of nitrogens with zero attached hydrogens (tertiary/aromatic N) is 1. The minimum absolute atomic E-state index is 0.0308. The SMILES string of the molecule is CC(C)(C)OC(=O)[C@@H]1CCCN1C[C@@H](O)[C@H](Cc1ccc(F)cc1)NC(=O)[C@H](CC(N)=O)NC(=O)OCc1ccccc1. The predicted octanol–water partition coefficient (Wildman–Crippen LogP) is 2.19. The van der Waals surface area contributed by atoms with Crippen molar-refractivity contribution in [2.24, 2.45) is 5.73 Å². The second-order valence-electron chi connectivity index (χ2n) is 11.6. The van der Waals surface area contributed by atoms with Crippen molar-refractivity contribution < 1.29 is 38.1 Å². The van der Waals surface area contributed by atoms with Crippen molar-refractivity contribution in [1.29, 1.82) is 0 Å². The molecule has 0 bridgehead atoms. The van der Waals surface area contributed by atoms with E-state index in [1.165, 1.54) is 24.3 Å². The van der Waals surface area contributed by atoms with Crippen LogP contribution in [0.25, 0.3) is 0 Å². The molecule has 0 aromatic heterocycles. The molecule has 2 aromatic rings. The lowest BCUT2D eigenvalue weighted by Gasteiger charge is -2.32. The molecule has 12 heteroatoms. The number of carbonyl (C=O) groups excluding carboxylic acids is 4. The number of nitrogens with two attached hydrogens (primary N) is 1. The maximum absolute atomic E-state index is 13.6. The maximum atomic E-state index is 13.6. The number of rotatable bonds is 13. The standard InChI is InChI=1S/C31H41FN4O7/c1-31(2,3)43-29(40)25-10-7-15-36(25)18-26(37)23(16-20-11-13-22(32)14-12-20)34-28(39)24(17-27(33)38)35-30(41)42-19-21-8-5-4-6-9-21/h4-6,8-9,11-14,23-26,37H,7,10,15-19H2,1-3H3,(H2,33,38)(H,34,39)(H,35,41)/t23-,24-,25-,26+/m0/s1. The third kappa shape index (κ3) is 11.3. The van der Waals surface area contributed by atoms with Crippen LogP contribution < -0.4 is 16.4 Å². The Morgan fingerprint density at radius 3 is 2.35 bits per heavy atom. The molecule has 5 N–H and O–H groups in total. The van der Waals surface area contributed by atoms with E-state index < -0.39 is 65.9 Å². The highest BCUT2D eigenvalue weighted by Crippen LogP contribution is 2.22. The first kappa shape index (κ1) is 33.5. The summed E-state index contributed by atoms with van der Waals surface area (Å²) in [5.74, 6) is -2.44. The van der Waals surface area contributed by atoms with Gasteiger partial charge < -0.3 is 30.9 Å². The lowest BCUT2D eigenvalue weighted by molar-refractivity contribution is -0.160. The van der Waals surface area contributed by atoms with E-state index in [4.69, 9.17) is 15.2 Å². The Balaban J connectivity index is 1.73. The number of aliphatic hydroxyl groups excluding tert-OH is 1. The molecule has 11 nitrogen and oxygen atoms in total. The largest absolute Gasteiger partial charge is 0.459 e. The molecule has 1 heterocycles. The van der Waals surface area contributed by atoms with Gasteiger partial charge in [-0.25, -0.2) is 9.18 Å². The summed E-state index contributed by atoms with van der Waals surface area (Å²) in [5, 5.41) is 16.4. The summed E-state index contributed by atoms with van der Waals surface area (Å²) in [6.07, 6.45) is -1.25. The molecule has 1 aliphatic heterocycles. The third-order valence-corrected chi connectivity index (χ3v) is 6.85. The van der Waals surface area contributed by atoms with Crippen LogP contribution >= 0.6 is 0 Å². The number of alkyl carbamates (subject to hydrolysis) is 1. The van der Waals surface area contributed by atoms with E-state index in [-0.39, 0.29) is 19.6 Å². The van der Waals surface area contributed by atoms with E-state index in [1.807, 2.05) is 11.0 Å². The second kappa shape index (κ2) is 15.4. The van der Waals surface area contributed by atoms with Crippen LogP contribution in [-0.2, 0) is 36.9 Å². The Hall–Kier alpha value is -4.03. The fourth-order valence-corrected chi connectivity index (χ4v) is 4.81. The molecule has 1 fully saturated rings. The highest BCUT2D eigenvalue weighted by Gasteiger charge is 2.37. The number of ether oxygens (including phenoxy) is 2. The molecule has 43 heavy (non-hydrogen) atoms. The molecule has 0 saturated carbocycles. The number of amides is 3. The zero-order valence-electron chi connectivity index (χ0n) is 24.8. The summed E-state index contributed by atoms with van der Waals surface area (Å²) in [7, 11) is 0. The molecule has 2 aromatic carbocycles. The number of nitrogens with one attached hydrogen (secondary N) is 2. The normalized spacial score (nSPS) is 17.4. The van der Waals surface area contributed by atoms with Crippen LogP contribution in [0.15, 0.2) is 54.6 Å². The van der Waals surface area contributed by atoms with E-state index in [1.54, 1.807) is 45.0 Å². The molecule has 1 saturated heterocycles. The predicted molar refractivity (Wildman–Crippen MR) is 156 cm³/mol. The van der Waals surface area contributed by atoms with Crippen LogP contribution in [0.1, 0.15) is 51.2 Å². The second-order valence-corrected chi connectivity index (χ2v) is 11.6. The summed E-state index contributed by atoms with van der Waals surface area (Å²) in [4.78, 5) is 52.2. The number of hydrogen-bond acceptors (Lipinski definition) is 8. The first-order valence-corrected chi connectivity index (χ1v) is 14.3. The van der Waals surface area contributed by atoms with Crippen LogP contribution in [0.4, 0.5) is 9.18 Å². The molecule has 4 atom stereocenters. The van der Waals surface area contributed by atoms with Crippen LogP contribution in [0, 0.1) is 5.82 Å². The number of benzene rings is 2.